The number of hydrogen-bond donors (Lipinski definition) is 2. The van der Waals surface area contributed by atoms with Gasteiger partial charge in [0, 0.05) is 29.3 Å². The Bertz CT molecular complexity index is 573. The van der Waals surface area contributed by atoms with Gasteiger partial charge in [-0.3, -0.25) is 0 Å². The third-order valence-electron chi connectivity index (χ3n) is 3.05. The Morgan fingerprint density at radius 1 is 1.32 bits per heavy atom. The Hall–Kier alpha value is -1.40. The molecule has 0 aliphatic carbocycles. The molecule has 0 amide bonds. The second-order valence-corrected chi connectivity index (χ2v) is 7.21. The largest absolute Gasteiger partial charge is 0.357 e. The number of thiazole rings is 1. The van der Waals surface area contributed by atoms with Crippen molar-refractivity contribution in [2.24, 2.45) is 4.99 Å². The lowest BCUT2D eigenvalue weighted by Gasteiger charge is -2.10. The zero-order valence-corrected chi connectivity index (χ0v) is 15.1. The van der Waals surface area contributed by atoms with Crippen LogP contribution in [0.5, 0.6) is 0 Å². The summed E-state index contributed by atoms with van der Waals surface area (Å²) in [5.41, 5.74) is 1.05. The van der Waals surface area contributed by atoms with Gasteiger partial charge in [-0.25, -0.2) is 9.98 Å². The van der Waals surface area contributed by atoms with Crippen LogP contribution in [0.15, 0.2) is 27.9 Å². The molecule has 0 atom stereocenters. The molecule has 2 N–H and O–H groups in total. The SMILES string of the molecule is CCNC(=NCc1csc(C(C)C)n1)NCCc1cccs1. The molecular weight excluding hydrogens is 312 g/mol. The van der Waals surface area contributed by atoms with E-state index in [1.54, 1.807) is 22.7 Å². The molecular formula is C16H24N4S2. The highest BCUT2D eigenvalue weighted by atomic mass is 32.1. The van der Waals surface area contributed by atoms with E-state index in [2.05, 4.69) is 64.3 Å². The van der Waals surface area contributed by atoms with E-state index in [1.165, 1.54) is 9.88 Å². The van der Waals surface area contributed by atoms with Crippen LogP contribution in [0.1, 0.15) is 42.3 Å². The van der Waals surface area contributed by atoms with Crippen molar-refractivity contribution in [3.63, 3.8) is 0 Å². The highest BCUT2D eigenvalue weighted by molar-refractivity contribution is 7.10. The van der Waals surface area contributed by atoms with E-state index < -0.39 is 0 Å². The van der Waals surface area contributed by atoms with Crippen molar-refractivity contribution in [2.75, 3.05) is 13.1 Å². The van der Waals surface area contributed by atoms with Gasteiger partial charge in [0.1, 0.15) is 0 Å². The van der Waals surface area contributed by atoms with E-state index in [-0.39, 0.29) is 0 Å². The van der Waals surface area contributed by atoms with Crippen molar-refractivity contribution < 1.29 is 0 Å². The van der Waals surface area contributed by atoms with Gasteiger partial charge >= 0.3 is 0 Å². The van der Waals surface area contributed by atoms with Crippen molar-refractivity contribution >= 4 is 28.6 Å². The predicted octanol–water partition coefficient (Wildman–Crippen LogP) is 3.63. The molecule has 0 unspecified atom stereocenters. The monoisotopic (exact) mass is 336 g/mol. The van der Waals surface area contributed by atoms with Gasteiger partial charge in [-0.1, -0.05) is 19.9 Å². The van der Waals surface area contributed by atoms with Crippen LogP contribution < -0.4 is 10.6 Å². The zero-order valence-electron chi connectivity index (χ0n) is 13.4. The van der Waals surface area contributed by atoms with Crippen LogP contribution >= 0.6 is 22.7 Å². The molecule has 6 heteroatoms. The lowest BCUT2D eigenvalue weighted by atomic mass is 10.2. The molecule has 0 fully saturated rings. The summed E-state index contributed by atoms with van der Waals surface area (Å²) in [4.78, 5) is 10.6. The smallest absolute Gasteiger partial charge is 0.191 e. The zero-order chi connectivity index (χ0) is 15.8. The predicted molar refractivity (Wildman–Crippen MR) is 97.0 cm³/mol. The third kappa shape index (κ3) is 5.42. The fraction of sp³-hybridized carbons (Fsp3) is 0.500. The minimum atomic E-state index is 0.486. The summed E-state index contributed by atoms with van der Waals surface area (Å²) >= 11 is 3.51. The van der Waals surface area contributed by atoms with Gasteiger partial charge in [-0.2, -0.15) is 0 Å². The minimum Gasteiger partial charge on any atom is -0.357 e. The molecule has 22 heavy (non-hydrogen) atoms. The number of rotatable bonds is 7. The lowest BCUT2D eigenvalue weighted by Crippen LogP contribution is -2.38. The first-order chi connectivity index (χ1) is 10.7. The molecule has 2 rings (SSSR count). The fourth-order valence-electron chi connectivity index (χ4n) is 1.92. The van der Waals surface area contributed by atoms with Gasteiger partial charge < -0.3 is 10.6 Å². The Balaban J connectivity index is 1.85. The van der Waals surface area contributed by atoms with Gasteiger partial charge in [0.2, 0.25) is 0 Å². The Labute approximate surface area is 140 Å². The molecule has 120 valence electrons. The number of hydrogen-bond acceptors (Lipinski definition) is 4. The molecule has 0 aliphatic heterocycles. The first-order valence-electron chi connectivity index (χ1n) is 7.68. The Morgan fingerprint density at radius 3 is 2.82 bits per heavy atom. The van der Waals surface area contributed by atoms with Crippen LogP contribution in [0.3, 0.4) is 0 Å². The minimum absolute atomic E-state index is 0.486. The summed E-state index contributed by atoms with van der Waals surface area (Å²) in [6.45, 7) is 8.79. The molecule has 0 aliphatic rings. The summed E-state index contributed by atoms with van der Waals surface area (Å²) in [6.07, 6.45) is 1.02. The van der Waals surface area contributed by atoms with Crippen molar-refractivity contribution in [3.05, 3.63) is 38.5 Å². The molecule has 0 saturated carbocycles. The molecule has 4 nitrogen and oxygen atoms in total. The summed E-state index contributed by atoms with van der Waals surface area (Å²) in [5.74, 6) is 1.35. The summed E-state index contributed by atoms with van der Waals surface area (Å²) in [5, 5.41) is 12.1. The van der Waals surface area contributed by atoms with E-state index in [4.69, 9.17) is 0 Å². The fourth-order valence-corrected chi connectivity index (χ4v) is 3.46. The number of nitrogens with zero attached hydrogens (tertiary/aromatic N) is 2. The van der Waals surface area contributed by atoms with Crippen LogP contribution in [-0.4, -0.2) is 24.0 Å². The molecule has 0 aromatic carbocycles. The summed E-state index contributed by atoms with van der Waals surface area (Å²) in [7, 11) is 0. The lowest BCUT2D eigenvalue weighted by molar-refractivity contribution is 0.797. The van der Waals surface area contributed by atoms with Gasteiger partial charge in [0.05, 0.1) is 17.2 Å². The second-order valence-electron chi connectivity index (χ2n) is 5.28. The maximum atomic E-state index is 4.62. The molecule has 0 spiro atoms. The average Bonchev–Trinajstić information content (AvgIpc) is 3.16. The average molecular weight is 337 g/mol. The number of guanidine groups is 1. The van der Waals surface area contributed by atoms with Crippen LogP contribution in [0, 0.1) is 0 Å². The number of aromatic nitrogens is 1. The molecule has 2 aromatic rings. The van der Waals surface area contributed by atoms with Crippen LogP contribution in [0.25, 0.3) is 0 Å². The maximum absolute atomic E-state index is 4.62. The van der Waals surface area contributed by atoms with Crippen LogP contribution in [0.4, 0.5) is 0 Å². The third-order valence-corrected chi connectivity index (χ3v) is 5.18. The first-order valence-corrected chi connectivity index (χ1v) is 9.43. The standard InChI is InChI=1S/C16H24N4S2/c1-4-17-16(18-8-7-14-6-5-9-21-14)19-10-13-11-22-15(20-13)12(2)3/h5-6,9,11-12H,4,7-8,10H2,1-3H3,(H2,17,18,19). The van der Waals surface area contributed by atoms with Gasteiger partial charge in [-0.05, 0) is 24.8 Å². The van der Waals surface area contributed by atoms with E-state index in [0.717, 1.165) is 31.2 Å². The quantitative estimate of drug-likeness (QED) is 0.600. The molecule has 0 saturated heterocycles. The molecule has 0 radical (unpaired) electrons. The number of aliphatic imine (C=N–C) groups is 1. The van der Waals surface area contributed by atoms with Gasteiger partial charge in [0.15, 0.2) is 5.96 Å². The normalized spacial score (nSPS) is 11.9. The van der Waals surface area contributed by atoms with E-state index in [0.29, 0.717) is 12.5 Å². The molecule has 2 heterocycles. The maximum Gasteiger partial charge on any atom is 0.191 e. The van der Waals surface area contributed by atoms with Crippen molar-refractivity contribution in [2.45, 2.75) is 39.7 Å². The second kappa shape index (κ2) is 8.90. The first kappa shape index (κ1) is 17.0. The van der Waals surface area contributed by atoms with E-state index in [9.17, 15) is 0 Å². The van der Waals surface area contributed by atoms with E-state index >= 15 is 0 Å². The molecule has 0 bridgehead atoms. The number of nitrogens with one attached hydrogen (secondary N) is 2. The molecule has 2 aromatic heterocycles. The van der Waals surface area contributed by atoms with Crippen molar-refractivity contribution in [3.8, 4) is 0 Å². The van der Waals surface area contributed by atoms with E-state index in [1.807, 2.05) is 0 Å². The summed E-state index contributed by atoms with van der Waals surface area (Å²) in [6, 6.07) is 4.26. The van der Waals surface area contributed by atoms with Crippen LogP contribution in [0.2, 0.25) is 0 Å². The highest BCUT2D eigenvalue weighted by Gasteiger charge is 2.05. The van der Waals surface area contributed by atoms with Gasteiger partial charge in [-0.15, -0.1) is 22.7 Å². The van der Waals surface area contributed by atoms with Gasteiger partial charge in [0.25, 0.3) is 0 Å². The number of thiophene rings is 1. The van der Waals surface area contributed by atoms with Crippen molar-refractivity contribution in [1.82, 2.24) is 15.6 Å². The summed E-state index contributed by atoms with van der Waals surface area (Å²) < 4.78 is 0. The topological polar surface area (TPSA) is 49.3 Å². The van der Waals surface area contributed by atoms with Crippen molar-refractivity contribution in [1.29, 1.82) is 0 Å². The Morgan fingerprint density at radius 2 is 2.18 bits per heavy atom. The van der Waals surface area contributed by atoms with Crippen LogP contribution in [-0.2, 0) is 13.0 Å². The highest BCUT2D eigenvalue weighted by Crippen LogP contribution is 2.19. The Kier molecular flexibility index (Phi) is 6.86.